The average Bonchev–Trinajstić information content (AvgIpc) is 2.95. The van der Waals surface area contributed by atoms with Crippen LogP contribution in [-0.4, -0.2) is 28.8 Å². The molecule has 0 saturated carbocycles. The fourth-order valence-electron chi connectivity index (χ4n) is 2.65. The van der Waals surface area contributed by atoms with Crippen LogP contribution < -0.4 is 9.47 Å². The molecule has 0 aliphatic carbocycles. The van der Waals surface area contributed by atoms with Crippen LogP contribution in [0.1, 0.15) is 11.1 Å². The Morgan fingerprint density at radius 3 is 2.79 bits per heavy atom. The molecule has 150 valence electrons. The number of ether oxygens (including phenoxy) is 2. The van der Waals surface area contributed by atoms with E-state index in [0.29, 0.717) is 27.3 Å². The van der Waals surface area contributed by atoms with Crippen molar-refractivity contribution in [1.29, 1.82) is 0 Å². The number of methoxy groups -OCH3 is 1. The van der Waals surface area contributed by atoms with E-state index in [1.54, 1.807) is 36.4 Å². The summed E-state index contributed by atoms with van der Waals surface area (Å²) in [5, 5.41) is 0.283. The Morgan fingerprint density at radius 1 is 1.31 bits per heavy atom. The van der Waals surface area contributed by atoms with Gasteiger partial charge in [0.05, 0.1) is 17.0 Å². The van der Waals surface area contributed by atoms with Crippen molar-refractivity contribution >= 4 is 51.9 Å². The van der Waals surface area contributed by atoms with Gasteiger partial charge < -0.3 is 9.47 Å². The molecule has 1 fully saturated rings. The van der Waals surface area contributed by atoms with E-state index in [1.165, 1.54) is 35.9 Å². The SMILES string of the molecule is C=CCN1C(=O)/C(=C\c2ccc(OC)c(OCc3c(F)cccc3Cl)c2)SC1=S. The van der Waals surface area contributed by atoms with Crippen LogP contribution in [0, 0.1) is 5.82 Å². The van der Waals surface area contributed by atoms with E-state index in [9.17, 15) is 9.18 Å². The Hall–Kier alpha value is -2.35. The lowest BCUT2D eigenvalue weighted by Crippen LogP contribution is -2.27. The second-order valence-electron chi connectivity index (χ2n) is 5.98. The summed E-state index contributed by atoms with van der Waals surface area (Å²) in [5.41, 5.74) is 0.978. The zero-order valence-electron chi connectivity index (χ0n) is 15.5. The Balaban J connectivity index is 1.85. The van der Waals surface area contributed by atoms with Gasteiger partial charge in [-0.3, -0.25) is 9.69 Å². The van der Waals surface area contributed by atoms with Gasteiger partial charge >= 0.3 is 0 Å². The molecule has 0 unspecified atom stereocenters. The number of nitrogens with zero attached hydrogens (tertiary/aromatic N) is 1. The number of benzene rings is 2. The molecule has 0 spiro atoms. The molecule has 4 nitrogen and oxygen atoms in total. The Morgan fingerprint density at radius 2 is 2.10 bits per heavy atom. The van der Waals surface area contributed by atoms with Crippen LogP contribution in [0.25, 0.3) is 6.08 Å². The van der Waals surface area contributed by atoms with Crippen molar-refractivity contribution in [1.82, 2.24) is 4.90 Å². The molecule has 0 N–H and O–H groups in total. The molecule has 0 atom stereocenters. The monoisotopic (exact) mass is 449 g/mol. The number of halogens is 2. The smallest absolute Gasteiger partial charge is 0.266 e. The van der Waals surface area contributed by atoms with Crippen LogP contribution in [0.2, 0.25) is 5.02 Å². The lowest BCUT2D eigenvalue weighted by Gasteiger charge is -2.13. The summed E-state index contributed by atoms with van der Waals surface area (Å²) >= 11 is 12.5. The maximum Gasteiger partial charge on any atom is 0.266 e. The van der Waals surface area contributed by atoms with E-state index < -0.39 is 5.82 Å². The molecule has 2 aromatic rings. The molecular formula is C21H17ClFNO3S2. The Kier molecular flexibility index (Phi) is 6.95. The predicted octanol–water partition coefficient (Wildman–Crippen LogP) is 5.45. The van der Waals surface area contributed by atoms with Crippen molar-refractivity contribution in [3.05, 3.63) is 75.9 Å². The Bertz CT molecular complexity index is 989. The summed E-state index contributed by atoms with van der Waals surface area (Å²) < 4.78 is 25.6. The highest BCUT2D eigenvalue weighted by atomic mass is 35.5. The van der Waals surface area contributed by atoms with Crippen LogP contribution in [0.15, 0.2) is 54.0 Å². The topological polar surface area (TPSA) is 38.8 Å². The quantitative estimate of drug-likeness (QED) is 0.319. The van der Waals surface area contributed by atoms with Crippen molar-refractivity contribution in [3.8, 4) is 11.5 Å². The van der Waals surface area contributed by atoms with Crippen molar-refractivity contribution < 1.29 is 18.7 Å². The number of thioether (sulfide) groups is 1. The second-order valence-corrected chi connectivity index (χ2v) is 8.06. The molecule has 1 saturated heterocycles. The van der Waals surface area contributed by atoms with Crippen LogP contribution in [-0.2, 0) is 11.4 Å². The number of hydrogen-bond acceptors (Lipinski definition) is 5. The molecule has 1 amide bonds. The maximum atomic E-state index is 14.0. The van der Waals surface area contributed by atoms with Crippen LogP contribution in [0.4, 0.5) is 4.39 Å². The van der Waals surface area contributed by atoms with Crippen molar-refractivity contribution in [2.75, 3.05) is 13.7 Å². The zero-order valence-corrected chi connectivity index (χ0v) is 17.9. The number of amides is 1. The van der Waals surface area contributed by atoms with Crippen LogP contribution in [0.3, 0.4) is 0 Å². The van der Waals surface area contributed by atoms with E-state index >= 15 is 0 Å². The second kappa shape index (κ2) is 9.43. The average molecular weight is 450 g/mol. The largest absolute Gasteiger partial charge is 0.493 e. The van der Waals surface area contributed by atoms with Gasteiger partial charge in [0.15, 0.2) is 11.5 Å². The van der Waals surface area contributed by atoms with E-state index in [2.05, 4.69) is 6.58 Å². The zero-order chi connectivity index (χ0) is 21.0. The standard InChI is InChI=1S/C21H17ClFNO3S2/c1-3-9-24-20(25)19(29-21(24)28)11-13-7-8-17(26-2)18(10-13)27-12-14-15(22)5-4-6-16(14)23/h3-8,10-11H,1,9,12H2,2H3/b19-11+. The first kappa shape index (κ1) is 21.4. The third-order valence-electron chi connectivity index (χ3n) is 4.10. The number of carbonyl (C=O) groups excluding carboxylic acids is 1. The molecule has 1 heterocycles. The maximum absolute atomic E-state index is 14.0. The summed E-state index contributed by atoms with van der Waals surface area (Å²) in [6.07, 6.45) is 3.35. The fourth-order valence-corrected chi connectivity index (χ4v) is 4.15. The summed E-state index contributed by atoms with van der Waals surface area (Å²) in [5.74, 6) is 0.269. The first-order chi connectivity index (χ1) is 13.9. The van der Waals surface area contributed by atoms with Crippen LogP contribution in [0.5, 0.6) is 11.5 Å². The predicted molar refractivity (Wildman–Crippen MR) is 119 cm³/mol. The third kappa shape index (κ3) is 4.80. The number of hydrogen-bond donors (Lipinski definition) is 0. The number of thiocarbonyl (C=S) groups is 1. The van der Waals surface area contributed by atoms with Crippen molar-refractivity contribution in [2.45, 2.75) is 6.61 Å². The van der Waals surface area contributed by atoms with Gasteiger partial charge in [0.25, 0.3) is 5.91 Å². The molecule has 0 aromatic heterocycles. The molecule has 2 aromatic carbocycles. The minimum Gasteiger partial charge on any atom is -0.493 e. The Labute approximate surface area is 182 Å². The van der Waals surface area contributed by atoms with E-state index in [1.807, 2.05) is 0 Å². The highest BCUT2D eigenvalue weighted by Crippen LogP contribution is 2.35. The molecule has 3 rings (SSSR count). The van der Waals surface area contributed by atoms with Gasteiger partial charge in [0, 0.05) is 12.1 Å². The van der Waals surface area contributed by atoms with Gasteiger partial charge in [-0.05, 0) is 35.9 Å². The number of carbonyl (C=O) groups is 1. The van der Waals surface area contributed by atoms with Gasteiger partial charge in [0.1, 0.15) is 16.7 Å². The van der Waals surface area contributed by atoms with Gasteiger partial charge in [-0.15, -0.1) is 6.58 Å². The summed E-state index contributed by atoms with van der Waals surface area (Å²) in [6, 6.07) is 9.68. The lowest BCUT2D eigenvalue weighted by atomic mass is 10.1. The first-order valence-corrected chi connectivity index (χ1v) is 10.1. The summed E-state index contributed by atoms with van der Waals surface area (Å²) in [6.45, 7) is 3.94. The molecule has 0 radical (unpaired) electrons. The van der Waals surface area contributed by atoms with Crippen molar-refractivity contribution in [3.63, 3.8) is 0 Å². The van der Waals surface area contributed by atoms with Crippen molar-refractivity contribution in [2.24, 2.45) is 0 Å². The van der Waals surface area contributed by atoms with Gasteiger partial charge in [0.2, 0.25) is 0 Å². The highest BCUT2D eigenvalue weighted by Gasteiger charge is 2.31. The third-order valence-corrected chi connectivity index (χ3v) is 5.84. The summed E-state index contributed by atoms with van der Waals surface area (Å²) in [7, 11) is 1.51. The summed E-state index contributed by atoms with van der Waals surface area (Å²) in [4.78, 5) is 14.5. The van der Waals surface area contributed by atoms with Crippen LogP contribution >= 0.6 is 35.6 Å². The number of rotatable bonds is 7. The minimum absolute atomic E-state index is 0.0627. The normalized spacial score (nSPS) is 15.1. The molecule has 1 aliphatic heterocycles. The fraction of sp³-hybridized carbons (Fsp3) is 0.143. The van der Waals surface area contributed by atoms with E-state index in [0.717, 1.165) is 5.56 Å². The van der Waals surface area contributed by atoms with E-state index in [-0.39, 0.29) is 23.1 Å². The molecular weight excluding hydrogens is 433 g/mol. The van der Waals surface area contributed by atoms with E-state index in [4.69, 9.17) is 33.3 Å². The van der Waals surface area contributed by atoms with Gasteiger partial charge in [-0.2, -0.15) is 0 Å². The van der Waals surface area contributed by atoms with Gasteiger partial charge in [-0.25, -0.2) is 4.39 Å². The highest BCUT2D eigenvalue weighted by molar-refractivity contribution is 8.26. The first-order valence-electron chi connectivity index (χ1n) is 8.54. The lowest BCUT2D eigenvalue weighted by molar-refractivity contribution is -0.121. The minimum atomic E-state index is -0.446. The molecule has 29 heavy (non-hydrogen) atoms. The molecule has 0 bridgehead atoms. The molecule has 1 aliphatic rings. The van der Waals surface area contributed by atoms with Gasteiger partial charge in [-0.1, -0.05) is 53.8 Å². The molecule has 8 heteroatoms.